The molecule has 0 saturated heterocycles. The Morgan fingerprint density at radius 1 is 1.30 bits per heavy atom. The van der Waals surface area contributed by atoms with Gasteiger partial charge in [0.05, 0.1) is 0 Å². The quantitative estimate of drug-likeness (QED) is 0.581. The molecule has 1 aromatic carbocycles. The van der Waals surface area contributed by atoms with E-state index in [9.17, 15) is 4.79 Å². The summed E-state index contributed by atoms with van der Waals surface area (Å²) in [7, 11) is 0. The number of nitrogens with one attached hydrogen (secondary N) is 3. The number of hydrogen-bond acceptors (Lipinski definition) is 3. The molecule has 0 aliphatic rings. The molecule has 110 valence electrons. The summed E-state index contributed by atoms with van der Waals surface area (Å²) in [5, 5.41) is 3.24. The van der Waals surface area contributed by atoms with Gasteiger partial charge in [0.25, 0.3) is 5.91 Å². The van der Waals surface area contributed by atoms with Gasteiger partial charge in [0.15, 0.2) is 11.2 Å². The Kier molecular flexibility index (Phi) is 6.24. The van der Waals surface area contributed by atoms with Crippen LogP contribution in [-0.2, 0) is 4.79 Å². The Labute approximate surface area is 125 Å². The second-order valence-corrected chi connectivity index (χ2v) is 4.89. The van der Waals surface area contributed by atoms with Gasteiger partial charge in [-0.2, -0.15) is 0 Å². The predicted molar refractivity (Wildman–Crippen MR) is 83.6 cm³/mol. The largest absolute Gasteiger partial charge is 0.481 e. The maximum Gasteiger partial charge on any atom is 0.279 e. The molecule has 3 N–H and O–H groups in total. The molecule has 0 aliphatic heterocycles. The zero-order valence-electron chi connectivity index (χ0n) is 12.2. The minimum Gasteiger partial charge on any atom is -0.481 e. The van der Waals surface area contributed by atoms with E-state index in [0.717, 1.165) is 5.56 Å². The van der Waals surface area contributed by atoms with E-state index >= 15 is 0 Å². The normalized spacial score (nSPS) is 11.4. The standard InChI is InChI=1S/C14H21N3O2S/c1-5-15-14(20)17-16-13(18)11(4)19-12-7-6-9(2)10(3)8-12/h6-8,11H,5H2,1-4H3,(H,16,18)(H2,15,17,20). The van der Waals surface area contributed by atoms with Crippen LogP contribution in [-0.4, -0.2) is 23.7 Å². The summed E-state index contributed by atoms with van der Waals surface area (Å²) in [6, 6.07) is 5.73. The third-order valence-corrected chi connectivity index (χ3v) is 3.04. The van der Waals surface area contributed by atoms with Gasteiger partial charge in [-0.15, -0.1) is 0 Å². The van der Waals surface area contributed by atoms with E-state index in [4.69, 9.17) is 17.0 Å². The first kappa shape index (κ1) is 16.2. The topological polar surface area (TPSA) is 62.4 Å². The van der Waals surface area contributed by atoms with Crippen molar-refractivity contribution in [3.63, 3.8) is 0 Å². The van der Waals surface area contributed by atoms with E-state index in [1.54, 1.807) is 6.92 Å². The predicted octanol–water partition coefficient (Wildman–Crippen LogP) is 1.59. The summed E-state index contributed by atoms with van der Waals surface area (Å²) in [6.07, 6.45) is -0.617. The van der Waals surface area contributed by atoms with Crippen LogP contribution in [0.4, 0.5) is 0 Å². The monoisotopic (exact) mass is 295 g/mol. The molecule has 0 radical (unpaired) electrons. The Balaban J connectivity index is 2.48. The maximum atomic E-state index is 11.8. The van der Waals surface area contributed by atoms with Gasteiger partial charge in [0.2, 0.25) is 0 Å². The van der Waals surface area contributed by atoms with Crippen LogP contribution in [0.3, 0.4) is 0 Å². The highest BCUT2D eigenvalue weighted by atomic mass is 32.1. The van der Waals surface area contributed by atoms with Crippen molar-refractivity contribution in [1.29, 1.82) is 0 Å². The number of amides is 1. The number of thiocarbonyl (C=S) groups is 1. The van der Waals surface area contributed by atoms with Crippen LogP contribution in [0.5, 0.6) is 5.75 Å². The molecular formula is C14H21N3O2S. The summed E-state index contributed by atoms with van der Waals surface area (Å²) in [6.45, 7) is 8.32. The van der Waals surface area contributed by atoms with Gasteiger partial charge >= 0.3 is 0 Å². The molecule has 0 aliphatic carbocycles. The van der Waals surface area contributed by atoms with Crippen LogP contribution in [0.15, 0.2) is 18.2 Å². The van der Waals surface area contributed by atoms with E-state index in [1.165, 1.54) is 5.56 Å². The molecule has 0 saturated carbocycles. The molecule has 1 amide bonds. The van der Waals surface area contributed by atoms with Crippen LogP contribution in [0.1, 0.15) is 25.0 Å². The van der Waals surface area contributed by atoms with Crippen molar-refractivity contribution < 1.29 is 9.53 Å². The zero-order valence-corrected chi connectivity index (χ0v) is 13.1. The second-order valence-electron chi connectivity index (χ2n) is 4.48. The number of carbonyl (C=O) groups excluding carboxylic acids is 1. The van der Waals surface area contributed by atoms with Crippen molar-refractivity contribution >= 4 is 23.2 Å². The summed E-state index contributed by atoms with van der Waals surface area (Å²) in [4.78, 5) is 11.8. The minimum absolute atomic E-state index is 0.288. The number of hydrogen-bond donors (Lipinski definition) is 3. The second kappa shape index (κ2) is 7.69. The van der Waals surface area contributed by atoms with E-state index in [0.29, 0.717) is 17.4 Å². The smallest absolute Gasteiger partial charge is 0.279 e. The molecule has 20 heavy (non-hydrogen) atoms. The lowest BCUT2D eigenvalue weighted by atomic mass is 10.1. The molecule has 1 aromatic rings. The van der Waals surface area contributed by atoms with Crippen molar-refractivity contribution in [2.24, 2.45) is 0 Å². The maximum absolute atomic E-state index is 11.8. The third kappa shape index (κ3) is 5.05. The number of hydrazine groups is 1. The first-order valence-electron chi connectivity index (χ1n) is 6.51. The van der Waals surface area contributed by atoms with Gasteiger partial charge in [-0.05, 0) is 63.2 Å². The molecule has 0 fully saturated rings. The van der Waals surface area contributed by atoms with Crippen LogP contribution in [0.2, 0.25) is 0 Å². The van der Waals surface area contributed by atoms with E-state index in [2.05, 4.69) is 16.2 Å². The SMILES string of the molecule is CCNC(=S)NNC(=O)C(C)Oc1ccc(C)c(C)c1. The number of rotatable bonds is 4. The molecule has 1 unspecified atom stereocenters. The Morgan fingerprint density at radius 3 is 2.60 bits per heavy atom. The van der Waals surface area contributed by atoms with Crippen molar-refractivity contribution in [3.8, 4) is 5.75 Å². The summed E-state index contributed by atoms with van der Waals surface area (Å²) in [5.41, 5.74) is 7.42. The van der Waals surface area contributed by atoms with Crippen molar-refractivity contribution in [1.82, 2.24) is 16.2 Å². The molecule has 0 heterocycles. The van der Waals surface area contributed by atoms with Crippen molar-refractivity contribution in [3.05, 3.63) is 29.3 Å². The van der Waals surface area contributed by atoms with E-state index in [1.807, 2.05) is 39.0 Å². The summed E-state index contributed by atoms with van der Waals surface area (Å²) in [5.74, 6) is 0.383. The first-order chi connectivity index (χ1) is 9.43. The lowest BCUT2D eigenvalue weighted by Crippen LogP contribution is -2.50. The van der Waals surface area contributed by atoms with Gasteiger partial charge in [-0.3, -0.25) is 15.6 Å². The Hall–Kier alpha value is -1.82. The number of carbonyl (C=O) groups is 1. The zero-order chi connectivity index (χ0) is 15.1. The fraction of sp³-hybridized carbons (Fsp3) is 0.429. The fourth-order valence-electron chi connectivity index (χ4n) is 1.47. The van der Waals surface area contributed by atoms with Gasteiger partial charge < -0.3 is 10.1 Å². The van der Waals surface area contributed by atoms with E-state index in [-0.39, 0.29) is 5.91 Å². The highest BCUT2D eigenvalue weighted by molar-refractivity contribution is 7.80. The molecule has 6 heteroatoms. The molecule has 1 atom stereocenters. The lowest BCUT2D eigenvalue weighted by Gasteiger charge is -2.16. The first-order valence-corrected chi connectivity index (χ1v) is 6.92. The van der Waals surface area contributed by atoms with Crippen LogP contribution in [0.25, 0.3) is 0 Å². The molecular weight excluding hydrogens is 274 g/mol. The summed E-state index contributed by atoms with van der Waals surface area (Å²) < 4.78 is 5.59. The molecule has 1 rings (SSSR count). The molecule has 0 aromatic heterocycles. The highest BCUT2D eigenvalue weighted by Crippen LogP contribution is 2.17. The van der Waals surface area contributed by atoms with Crippen molar-refractivity contribution in [2.75, 3.05) is 6.54 Å². The molecule has 5 nitrogen and oxygen atoms in total. The average Bonchev–Trinajstić information content (AvgIpc) is 2.40. The fourth-order valence-corrected chi connectivity index (χ4v) is 1.66. The van der Waals surface area contributed by atoms with E-state index < -0.39 is 6.10 Å². The van der Waals surface area contributed by atoms with Crippen LogP contribution < -0.4 is 20.9 Å². The average molecular weight is 295 g/mol. The number of aryl methyl sites for hydroxylation is 2. The molecule has 0 spiro atoms. The molecule has 0 bridgehead atoms. The third-order valence-electron chi connectivity index (χ3n) is 2.80. The number of benzene rings is 1. The van der Waals surface area contributed by atoms with Gasteiger partial charge in [-0.25, -0.2) is 0 Å². The van der Waals surface area contributed by atoms with Crippen LogP contribution in [0, 0.1) is 13.8 Å². The van der Waals surface area contributed by atoms with Crippen molar-refractivity contribution in [2.45, 2.75) is 33.8 Å². The van der Waals surface area contributed by atoms with Gasteiger partial charge in [0.1, 0.15) is 5.75 Å². The van der Waals surface area contributed by atoms with Crippen LogP contribution >= 0.6 is 12.2 Å². The van der Waals surface area contributed by atoms with Gasteiger partial charge in [-0.1, -0.05) is 6.07 Å². The lowest BCUT2D eigenvalue weighted by molar-refractivity contribution is -0.127. The highest BCUT2D eigenvalue weighted by Gasteiger charge is 2.14. The minimum atomic E-state index is -0.617. The number of ether oxygens (including phenoxy) is 1. The Bertz CT molecular complexity index is 491. The summed E-state index contributed by atoms with van der Waals surface area (Å²) >= 11 is 4.94. The van der Waals surface area contributed by atoms with Gasteiger partial charge in [0, 0.05) is 6.54 Å². The Morgan fingerprint density at radius 2 is 2.00 bits per heavy atom.